The van der Waals surface area contributed by atoms with E-state index in [2.05, 4.69) is 21.2 Å². The minimum absolute atomic E-state index is 0.00443. The fourth-order valence-electron chi connectivity index (χ4n) is 1.94. The molecule has 2 N–H and O–H groups in total. The molecular formula is C11H20BrNO2. The van der Waals surface area contributed by atoms with Gasteiger partial charge in [-0.15, -0.1) is 0 Å². The summed E-state index contributed by atoms with van der Waals surface area (Å²) in [6.07, 6.45) is 6.13. The smallest absolute Gasteiger partial charge is 0.220 e. The Kier molecular flexibility index (Phi) is 6.25. The van der Waals surface area contributed by atoms with Crippen LogP contribution >= 0.6 is 15.9 Å². The molecule has 15 heavy (non-hydrogen) atoms. The van der Waals surface area contributed by atoms with E-state index < -0.39 is 0 Å². The predicted molar refractivity (Wildman–Crippen MR) is 64.1 cm³/mol. The number of unbranched alkanes of at least 4 members (excludes halogenated alkanes) is 1. The summed E-state index contributed by atoms with van der Waals surface area (Å²) in [4.78, 5) is 11.5. The molecule has 0 saturated heterocycles. The van der Waals surface area contributed by atoms with Crippen LogP contribution in [0.4, 0.5) is 0 Å². The minimum Gasteiger partial charge on any atom is -0.391 e. The van der Waals surface area contributed by atoms with E-state index in [4.69, 9.17) is 0 Å². The van der Waals surface area contributed by atoms with Crippen molar-refractivity contribution >= 4 is 21.8 Å². The van der Waals surface area contributed by atoms with Gasteiger partial charge in [-0.1, -0.05) is 28.8 Å². The Morgan fingerprint density at radius 2 is 2.07 bits per heavy atom. The maximum absolute atomic E-state index is 11.5. The highest BCUT2D eigenvalue weighted by Gasteiger charge is 2.23. The van der Waals surface area contributed by atoms with Gasteiger partial charge in [0.2, 0.25) is 5.91 Å². The normalized spacial score (nSPS) is 26.3. The fourth-order valence-corrected chi connectivity index (χ4v) is 2.34. The molecule has 0 radical (unpaired) electrons. The third-order valence-electron chi connectivity index (χ3n) is 2.86. The average Bonchev–Trinajstić information content (AvgIpc) is 2.22. The zero-order valence-electron chi connectivity index (χ0n) is 9.04. The fraction of sp³-hybridized carbons (Fsp3) is 0.909. The van der Waals surface area contributed by atoms with E-state index in [1.54, 1.807) is 0 Å². The molecule has 1 amide bonds. The van der Waals surface area contributed by atoms with Crippen LogP contribution in [0.3, 0.4) is 0 Å². The molecule has 1 fully saturated rings. The lowest BCUT2D eigenvalue weighted by Gasteiger charge is -2.28. The Labute approximate surface area is 99.8 Å². The van der Waals surface area contributed by atoms with Gasteiger partial charge in [0.15, 0.2) is 0 Å². The molecule has 0 bridgehead atoms. The van der Waals surface area contributed by atoms with E-state index in [-0.39, 0.29) is 18.1 Å². The Hall–Kier alpha value is -0.0900. The van der Waals surface area contributed by atoms with E-state index in [1.165, 1.54) is 0 Å². The molecular weight excluding hydrogens is 258 g/mol. The third kappa shape index (κ3) is 4.98. The molecule has 1 aliphatic rings. The maximum Gasteiger partial charge on any atom is 0.220 e. The summed E-state index contributed by atoms with van der Waals surface area (Å²) in [5, 5.41) is 13.5. The molecule has 1 rings (SSSR count). The van der Waals surface area contributed by atoms with Crippen molar-refractivity contribution in [3.8, 4) is 0 Å². The summed E-state index contributed by atoms with van der Waals surface area (Å²) in [6.45, 7) is 0. The zero-order valence-corrected chi connectivity index (χ0v) is 10.6. The molecule has 3 nitrogen and oxygen atoms in total. The highest BCUT2D eigenvalue weighted by molar-refractivity contribution is 9.09. The molecule has 0 aromatic heterocycles. The van der Waals surface area contributed by atoms with Crippen molar-refractivity contribution in [2.24, 2.45) is 0 Å². The largest absolute Gasteiger partial charge is 0.391 e. The van der Waals surface area contributed by atoms with E-state index in [1.807, 2.05) is 0 Å². The second-order valence-electron chi connectivity index (χ2n) is 4.17. The van der Waals surface area contributed by atoms with Gasteiger partial charge in [-0.25, -0.2) is 0 Å². The number of aliphatic hydroxyl groups is 1. The quantitative estimate of drug-likeness (QED) is 0.596. The molecule has 2 atom stereocenters. The van der Waals surface area contributed by atoms with Crippen molar-refractivity contribution in [1.82, 2.24) is 5.32 Å². The monoisotopic (exact) mass is 277 g/mol. The van der Waals surface area contributed by atoms with Gasteiger partial charge in [-0.2, -0.15) is 0 Å². The molecule has 0 heterocycles. The third-order valence-corrected chi connectivity index (χ3v) is 3.42. The van der Waals surface area contributed by atoms with Crippen LogP contribution in [0.25, 0.3) is 0 Å². The highest BCUT2D eigenvalue weighted by atomic mass is 79.9. The van der Waals surface area contributed by atoms with Gasteiger partial charge in [0.05, 0.1) is 12.1 Å². The number of carbonyl (C=O) groups is 1. The standard InChI is InChI=1S/C11H20BrNO2/c12-8-4-3-7-11(15)13-9-5-1-2-6-10(9)14/h9-10,14H,1-8H2,(H,13,15)/t9-,10-/m0/s1. The number of carbonyl (C=O) groups excluding carboxylic acids is 1. The molecule has 0 aliphatic heterocycles. The topological polar surface area (TPSA) is 49.3 Å². The highest BCUT2D eigenvalue weighted by Crippen LogP contribution is 2.18. The Balaban J connectivity index is 2.18. The number of aliphatic hydroxyl groups excluding tert-OH is 1. The van der Waals surface area contributed by atoms with Crippen molar-refractivity contribution in [2.45, 2.75) is 57.1 Å². The number of nitrogens with one attached hydrogen (secondary N) is 1. The Morgan fingerprint density at radius 3 is 2.73 bits per heavy atom. The van der Waals surface area contributed by atoms with Crippen LogP contribution < -0.4 is 5.32 Å². The summed E-state index contributed by atoms with van der Waals surface area (Å²) >= 11 is 3.34. The van der Waals surface area contributed by atoms with Crippen molar-refractivity contribution in [3.63, 3.8) is 0 Å². The first-order chi connectivity index (χ1) is 7.24. The van der Waals surface area contributed by atoms with Gasteiger partial charge in [0.25, 0.3) is 0 Å². The molecule has 0 aromatic carbocycles. The van der Waals surface area contributed by atoms with Crippen molar-refractivity contribution in [3.05, 3.63) is 0 Å². The lowest BCUT2D eigenvalue weighted by Crippen LogP contribution is -2.44. The summed E-state index contributed by atoms with van der Waals surface area (Å²) < 4.78 is 0. The SMILES string of the molecule is O=C(CCCCBr)N[C@H]1CCCC[C@@H]1O. The van der Waals surface area contributed by atoms with Gasteiger partial charge in [0.1, 0.15) is 0 Å². The number of alkyl halides is 1. The lowest BCUT2D eigenvalue weighted by molar-refractivity contribution is -0.123. The number of hydrogen-bond acceptors (Lipinski definition) is 2. The second-order valence-corrected chi connectivity index (χ2v) is 4.96. The molecule has 1 saturated carbocycles. The van der Waals surface area contributed by atoms with Crippen molar-refractivity contribution in [1.29, 1.82) is 0 Å². The number of rotatable bonds is 5. The van der Waals surface area contributed by atoms with Crippen LogP contribution in [-0.4, -0.2) is 28.5 Å². The van der Waals surface area contributed by atoms with Crippen molar-refractivity contribution in [2.75, 3.05) is 5.33 Å². The van der Waals surface area contributed by atoms with Crippen LogP contribution in [-0.2, 0) is 4.79 Å². The van der Waals surface area contributed by atoms with Crippen LogP contribution in [0, 0.1) is 0 Å². The predicted octanol–water partition coefficient (Wildman–Crippen LogP) is 1.97. The van der Waals surface area contributed by atoms with Crippen LogP contribution in [0.5, 0.6) is 0 Å². The number of amides is 1. The lowest BCUT2D eigenvalue weighted by atomic mass is 9.92. The first-order valence-electron chi connectivity index (χ1n) is 5.77. The first kappa shape index (κ1) is 13.0. The van der Waals surface area contributed by atoms with Gasteiger partial charge in [-0.3, -0.25) is 4.79 Å². The Bertz CT molecular complexity index is 199. The van der Waals surface area contributed by atoms with Gasteiger partial charge in [-0.05, 0) is 25.7 Å². The molecule has 0 unspecified atom stereocenters. The number of hydrogen-bond donors (Lipinski definition) is 2. The molecule has 0 spiro atoms. The molecule has 4 heteroatoms. The molecule has 0 aromatic rings. The van der Waals surface area contributed by atoms with Crippen molar-refractivity contribution < 1.29 is 9.90 Å². The van der Waals surface area contributed by atoms with E-state index in [9.17, 15) is 9.90 Å². The van der Waals surface area contributed by atoms with Crippen LogP contribution in [0.1, 0.15) is 44.9 Å². The van der Waals surface area contributed by atoms with E-state index in [0.29, 0.717) is 6.42 Å². The summed E-state index contributed by atoms with van der Waals surface area (Å²) in [7, 11) is 0. The Morgan fingerprint density at radius 1 is 1.33 bits per heavy atom. The minimum atomic E-state index is -0.334. The van der Waals surface area contributed by atoms with E-state index >= 15 is 0 Å². The molecule has 1 aliphatic carbocycles. The second kappa shape index (κ2) is 7.23. The number of halogens is 1. The van der Waals surface area contributed by atoms with Crippen LogP contribution in [0.2, 0.25) is 0 Å². The summed E-state index contributed by atoms with van der Waals surface area (Å²) in [6, 6.07) is -0.00443. The average molecular weight is 278 g/mol. The van der Waals surface area contributed by atoms with Gasteiger partial charge < -0.3 is 10.4 Å². The zero-order chi connectivity index (χ0) is 11.1. The molecule has 88 valence electrons. The van der Waals surface area contributed by atoms with Crippen LogP contribution in [0.15, 0.2) is 0 Å². The first-order valence-corrected chi connectivity index (χ1v) is 6.89. The van der Waals surface area contributed by atoms with Gasteiger partial charge in [0, 0.05) is 11.8 Å². The summed E-state index contributed by atoms with van der Waals surface area (Å²) in [5.74, 6) is 0.0851. The maximum atomic E-state index is 11.5. The van der Waals surface area contributed by atoms with E-state index in [0.717, 1.165) is 43.9 Å². The summed E-state index contributed by atoms with van der Waals surface area (Å²) in [5.41, 5.74) is 0. The van der Waals surface area contributed by atoms with Gasteiger partial charge >= 0.3 is 0 Å².